The van der Waals surface area contributed by atoms with Gasteiger partial charge in [0.15, 0.2) is 15.4 Å². The molecule has 1 N–H and O–H groups in total. The van der Waals surface area contributed by atoms with Crippen molar-refractivity contribution >= 4 is 50.2 Å². The largest absolute Gasteiger partial charge is 0.431 e. The summed E-state index contributed by atoms with van der Waals surface area (Å²) >= 11 is 7.08. The maximum Gasteiger partial charge on any atom is 0.257 e. The molecule has 1 aliphatic heterocycles. The third-order valence-electron chi connectivity index (χ3n) is 3.56. The Labute approximate surface area is 142 Å². The minimum Gasteiger partial charge on any atom is -0.431 e. The van der Waals surface area contributed by atoms with Crippen molar-refractivity contribution in [1.29, 1.82) is 0 Å². The molecule has 124 valence electrons. The first-order chi connectivity index (χ1) is 10.8. The molecule has 1 fully saturated rings. The van der Waals surface area contributed by atoms with Crippen LogP contribution in [0.25, 0.3) is 11.1 Å². The number of carbonyl (C=O) groups excluding carboxylic acids is 1. The molecule has 1 aliphatic rings. The topological polar surface area (TPSA) is 89.3 Å². The average molecular weight is 375 g/mol. The van der Waals surface area contributed by atoms with Crippen LogP contribution in [-0.4, -0.2) is 42.1 Å². The molecule has 2 heterocycles. The van der Waals surface area contributed by atoms with Gasteiger partial charge in [-0.05, 0) is 25.5 Å². The minimum absolute atomic E-state index is 0.0114. The van der Waals surface area contributed by atoms with E-state index in [1.165, 1.54) is 11.8 Å². The fourth-order valence-electron chi connectivity index (χ4n) is 2.36. The molecule has 6 nitrogen and oxygen atoms in total. The zero-order valence-electron chi connectivity index (χ0n) is 12.3. The number of thioether (sulfide) groups is 1. The van der Waals surface area contributed by atoms with E-state index in [1.54, 1.807) is 25.1 Å². The van der Waals surface area contributed by atoms with Crippen molar-refractivity contribution in [2.45, 2.75) is 29.9 Å². The standard InChI is InChI=1S/C14H15ClN2O4S2/c1-8(13(18)16-10-4-5-23(19,20)7-10)22-14-17-11-3-2-9(15)6-12(11)21-14/h2-3,6,8,10H,4-5,7H2,1H3,(H,16,18)/t8-,10+/m1/s1. The maximum absolute atomic E-state index is 12.2. The summed E-state index contributed by atoms with van der Waals surface area (Å²) < 4.78 is 28.4. The molecule has 0 spiro atoms. The second-order valence-corrected chi connectivity index (χ2v) is 9.42. The highest BCUT2D eigenvalue weighted by Gasteiger charge is 2.30. The lowest BCUT2D eigenvalue weighted by atomic mass is 10.2. The smallest absolute Gasteiger partial charge is 0.257 e. The van der Waals surface area contributed by atoms with E-state index < -0.39 is 15.1 Å². The molecule has 0 bridgehead atoms. The summed E-state index contributed by atoms with van der Waals surface area (Å²) in [5.41, 5.74) is 1.24. The average Bonchev–Trinajstić information content (AvgIpc) is 3.00. The van der Waals surface area contributed by atoms with Gasteiger partial charge in [0.25, 0.3) is 5.22 Å². The number of hydrogen-bond donors (Lipinski definition) is 1. The van der Waals surface area contributed by atoms with E-state index in [4.69, 9.17) is 16.0 Å². The molecule has 0 radical (unpaired) electrons. The van der Waals surface area contributed by atoms with Crippen molar-refractivity contribution in [2.24, 2.45) is 0 Å². The van der Waals surface area contributed by atoms with Crippen LogP contribution in [0.2, 0.25) is 5.02 Å². The zero-order chi connectivity index (χ0) is 16.6. The summed E-state index contributed by atoms with van der Waals surface area (Å²) in [5.74, 6) is -0.0829. The van der Waals surface area contributed by atoms with Crippen molar-refractivity contribution in [3.63, 3.8) is 0 Å². The van der Waals surface area contributed by atoms with Crippen molar-refractivity contribution < 1.29 is 17.6 Å². The molecule has 9 heteroatoms. The highest BCUT2D eigenvalue weighted by atomic mass is 35.5. The fraction of sp³-hybridized carbons (Fsp3) is 0.429. The monoisotopic (exact) mass is 374 g/mol. The molecular weight excluding hydrogens is 360 g/mol. The lowest BCUT2D eigenvalue weighted by Gasteiger charge is -2.14. The number of carbonyl (C=O) groups is 1. The van der Waals surface area contributed by atoms with Gasteiger partial charge in [-0.3, -0.25) is 4.79 Å². The van der Waals surface area contributed by atoms with Crippen LogP contribution in [0.1, 0.15) is 13.3 Å². The Morgan fingerprint density at radius 1 is 1.52 bits per heavy atom. The van der Waals surface area contributed by atoms with Gasteiger partial charge in [0.1, 0.15) is 5.52 Å². The number of aromatic nitrogens is 1. The maximum atomic E-state index is 12.2. The summed E-state index contributed by atoms with van der Waals surface area (Å²) in [6.45, 7) is 1.73. The number of amides is 1. The Balaban J connectivity index is 1.63. The Bertz CT molecular complexity index is 850. The van der Waals surface area contributed by atoms with Crippen LogP contribution in [0.3, 0.4) is 0 Å². The number of fused-ring (bicyclic) bond motifs is 1. The first kappa shape index (κ1) is 16.6. The van der Waals surface area contributed by atoms with E-state index in [0.717, 1.165) is 0 Å². The summed E-state index contributed by atoms with van der Waals surface area (Å²) in [4.78, 5) is 16.5. The second kappa shape index (κ2) is 6.33. The normalized spacial score (nSPS) is 21.4. The predicted octanol–water partition coefficient (Wildman–Crippen LogP) is 2.27. The molecule has 0 aliphatic carbocycles. The van der Waals surface area contributed by atoms with Gasteiger partial charge in [-0.2, -0.15) is 0 Å². The fourth-order valence-corrected chi connectivity index (χ4v) is 4.96. The molecule has 23 heavy (non-hydrogen) atoms. The summed E-state index contributed by atoms with van der Waals surface area (Å²) in [6.07, 6.45) is 0.465. The van der Waals surface area contributed by atoms with Gasteiger partial charge in [-0.15, -0.1) is 0 Å². The first-order valence-electron chi connectivity index (χ1n) is 7.06. The van der Waals surface area contributed by atoms with Crippen LogP contribution in [0, 0.1) is 0 Å². The van der Waals surface area contributed by atoms with E-state index in [2.05, 4.69) is 10.3 Å². The molecule has 1 amide bonds. The van der Waals surface area contributed by atoms with E-state index >= 15 is 0 Å². The third kappa shape index (κ3) is 3.99. The number of halogens is 1. The number of oxazole rings is 1. The van der Waals surface area contributed by atoms with Gasteiger partial charge < -0.3 is 9.73 Å². The van der Waals surface area contributed by atoms with Gasteiger partial charge in [0.2, 0.25) is 5.91 Å². The lowest BCUT2D eigenvalue weighted by Crippen LogP contribution is -2.39. The minimum atomic E-state index is -3.01. The lowest BCUT2D eigenvalue weighted by molar-refractivity contribution is -0.120. The summed E-state index contributed by atoms with van der Waals surface area (Å²) in [7, 11) is -3.01. The third-order valence-corrected chi connectivity index (χ3v) is 6.50. The molecule has 1 saturated heterocycles. The number of benzene rings is 1. The van der Waals surface area contributed by atoms with Crippen LogP contribution >= 0.6 is 23.4 Å². The van der Waals surface area contributed by atoms with Crippen molar-refractivity contribution in [1.82, 2.24) is 10.3 Å². The molecule has 3 rings (SSSR count). The van der Waals surface area contributed by atoms with Crippen LogP contribution < -0.4 is 5.32 Å². The molecule has 2 atom stereocenters. The summed E-state index contributed by atoms with van der Waals surface area (Å²) in [6, 6.07) is 4.83. The highest BCUT2D eigenvalue weighted by molar-refractivity contribution is 8.00. The Morgan fingerprint density at radius 3 is 3.00 bits per heavy atom. The van der Waals surface area contributed by atoms with Gasteiger partial charge in [0, 0.05) is 17.1 Å². The zero-order valence-corrected chi connectivity index (χ0v) is 14.7. The first-order valence-corrected chi connectivity index (χ1v) is 10.1. The molecule has 1 aromatic carbocycles. The quantitative estimate of drug-likeness (QED) is 0.826. The van der Waals surface area contributed by atoms with E-state index in [1.807, 2.05) is 0 Å². The highest BCUT2D eigenvalue weighted by Crippen LogP contribution is 2.28. The second-order valence-electron chi connectivity index (χ2n) is 5.46. The van der Waals surface area contributed by atoms with Crippen LogP contribution in [0.5, 0.6) is 0 Å². The molecule has 1 aromatic heterocycles. The number of rotatable bonds is 4. The Kier molecular flexibility index (Phi) is 4.57. The predicted molar refractivity (Wildman–Crippen MR) is 89.5 cm³/mol. The molecule has 2 aromatic rings. The number of sulfone groups is 1. The van der Waals surface area contributed by atoms with E-state index in [9.17, 15) is 13.2 Å². The van der Waals surface area contributed by atoms with Crippen molar-refractivity contribution in [3.8, 4) is 0 Å². The molecule has 0 unspecified atom stereocenters. The van der Waals surface area contributed by atoms with Crippen LogP contribution in [0.4, 0.5) is 0 Å². The molecular formula is C14H15ClN2O4S2. The van der Waals surface area contributed by atoms with Gasteiger partial charge in [0.05, 0.1) is 16.8 Å². The number of hydrogen-bond acceptors (Lipinski definition) is 6. The summed E-state index contributed by atoms with van der Waals surface area (Å²) in [5, 5.41) is 3.26. The van der Waals surface area contributed by atoms with Crippen molar-refractivity contribution in [2.75, 3.05) is 11.5 Å². The van der Waals surface area contributed by atoms with Crippen LogP contribution in [-0.2, 0) is 14.6 Å². The van der Waals surface area contributed by atoms with Crippen LogP contribution in [0.15, 0.2) is 27.8 Å². The van der Waals surface area contributed by atoms with Gasteiger partial charge in [-0.1, -0.05) is 23.4 Å². The van der Waals surface area contributed by atoms with E-state index in [-0.39, 0.29) is 23.5 Å². The number of nitrogens with zero attached hydrogens (tertiary/aromatic N) is 1. The van der Waals surface area contributed by atoms with E-state index in [0.29, 0.717) is 27.8 Å². The Morgan fingerprint density at radius 2 is 2.30 bits per heavy atom. The number of nitrogens with one attached hydrogen (secondary N) is 1. The van der Waals surface area contributed by atoms with Crippen molar-refractivity contribution in [3.05, 3.63) is 23.2 Å². The Hall–Kier alpha value is -1.25. The SMILES string of the molecule is C[C@@H](Sc1nc2ccc(Cl)cc2o1)C(=O)N[C@H]1CCS(=O)(=O)C1. The van der Waals surface area contributed by atoms with Gasteiger partial charge in [-0.25, -0.2) is 13.4 Å². The van der Waals surface area contributed by atoms with Gasteiger partial charge >= 0.3 is 0 Å². The molecule has 0 saturated carbocycles.